The summed E-state index contributed by atoms with van der Waals surface area (Å²) in [7, 11) is 3.11. The predicted octanol–water partition coefficient (Wildman–Crippen LogP) is 4.12. The van der Waals surface area contributed by atoms with Gasteiger partial charge in [0.15, 0.2) is 11.5 Å². The third-order valence-electron chi connectivity index (χ3n) is 4.50. The highest BCUT2D eigenvalue weighted by Gasteiger charge is 2.15. The molecule has 138 valence electrons. The summed E-state index contributed by atoms with van der Waals surface area (Å²) in [5, 5.41) is 24.4. The molecule has 7 heteroatoms. The van der Waals surface area contributed by atoms with Gasteiger partial charge in [-0.15, -0.1) is 0 Å². The molecule has 0 saturated carbocycles. The molecule has 28 heavy (non-hydrogen) atoms. The molecule has 0 aliphatic heterocycles. The maximum absolute atomic E-state index is 10.1. The molecule has 2 aromatic heterocycles. The van der Waals surface area contributed by atoms with Crippen molar-refractivity contribution in [1.29, 1.82) is 5.26 Å². The van der Waals surface area contributed by atoms with Crippen LogP contribution in [0.1, 0.15) is 5.56 Å². The third-order valence-corrected chi connectivity index (χ3v) is 4.50. The number of phenols is 1. The van der Waals surface area contributed by atoms with E-state index in [2.05, 4.69) is 21.4 Å². The van der Waals surface area contributed by atoms with E-state index >= 15 is 0 Å². The van der Waals surface area contributed by atoms with Crippen LogP contribution < -0.4 is 14.8 Å². The Hall–Kier alpha value is -4.05. The van der Waals surface area contributed by atoms with Crippen molar-refractivity contribution in [3.63, 3.8) is 0 Å². The smallest absolute Gasteiger partial charge is 0.162 e. The number of hydrogen-bond donors (Lipinski definition) is 2. The molecule has 0 atom stereocenters. The fourth-order valence-electron chi connectivity index (χ4n) is 3.14. The maximum atomic E-state index is 10.1. The quantitative estimate of drug-likeness (QED) is 0.520. The highest BCUT2D eigenvalue weighted by atomic mass is 16.5. The Kier molecular flexibility index (Phi) is 4.30. The largest absolute Gasteiger partial charge is 0.506 e. The standard InChI is InChI=1S/C21H16N4O3/c1-27-18-8-14-16(9-19(18)28-2)24-11-12(10-22)20(14)25-15-5-6-17(26)21-13(15)4-3-7-23-21/h3-9,11,26H,1-2H3,(H,24,25). The zero-order chi connectivity index (χ0) is 19.7. The van der Waals surface area contributed by atoms with Crippen molar-refractivity contribution in [3.05, 3.63) is 54.4 Å². The summed E-state index contributed by atoms with van der Waals surface area (Å²) in [5.41, 5.74) is 2.80. The van der Waals surface area contributed by atoms with Gasteiger partial charge in [-0.05, 0) is 30.3 Å². The normalized spacial score (nSPS) is 10.6. The van der Waals surface area contributed by atoms with Crippen LogP contribution in [0.5, 0.6) is 17.2 Å². The van der Waals surface area contributed by atoms with Crippen molar-refractivity contribution in [3.8, 4) is 23.3 Å². The van der Waals surface area contributed by atoms with Gasteiger partial charge in [0.1, 0.15) is 17.3 Å². The molecular formula is C21H16N4O3. The van der Waals surface area contributed by atoms with Gasteiger partial charge in [-0.25, -0.2) is 0 Å². The summed E-state index contributed by atoms with van der Waals surface area (Å²) in [6, 6.07) is 12.7. The first-order valence-electron chi connectivity index (χ1n) is 8.44. The number of anilines is 2. The SMILES string of the molecule is COc1cc2ncc(C#N)c(Nc3ccc(O)c4ncccc34)c2cc1OC. The Balaban J connectivity index is 1.96. The second kappa shape index (κ2) is 6.93. The van der Waals surface area contributed by atoms with Gasteiger partial charge >= 0.3 is 0 Å². The number of aromatic hydroxyl groups is 1. The van der Waals surface area contributed by atoms with Crippen LogP contribution >= 0.6 is 0 Å². The van der Waals surface area contributed by atoms with Crippen LogP contribution in [0.3, 0.4) is 0 Å². The monoisotopic (exact) mass is 372 g/mol. The molecule has 0 fully saturated rings. The summed E-state index contributed by atoms with van der Waals surface area (Å²) in [6.45, 7) is 0. The molecule has 0 bridgehead atoms. The van der Waals surface area contributed by atoms with E-state index in [1.807, 2.05) is 6.07 Å². The summed E-state index contributed by atoms with van der Waals surface area (Å²) in [4.78, 5) is 8.60. The second-order valence-electron chi connectivity index (χ2n) is 6.04. The number of pyridine rings is 2. The van der Waals surface area contributed by atoms with Crippen LogP contribution in [0, 0.1) is 11.3 Å². The number of nitrogens with zero attached hydrogens (tertiary/aromatic N) is 3. The second-order valence-corrected chi connectivity index (χ2v) is 6.04. The Bertz CT molecular complexity index is 1250. The van der Waals surface area contributed by atoms with Crippen molar-refractivity contribution >= 4 is 33.2 Å². The number of nitriles is 1. The molecule has 2 heterocycles. The molecule has 4 aromatic rings. The van der Waals surface area contributed by atoms with Gasteiger partial charge in [0.25, 0.3) is 0 Å². The van der Waals surface area contributed by atoms with Crippen LogP contribution in [0.4, 0.5) is 11.4 Å². The number of fused-ring (bicyclic) bond motifs is 2. The molecule has 4 rings (SSSR count). The lowest BCUT2D eigenvalue weighted by molar-refractivity contribution is 0.356. The number of hydrogen-bond acceptors (Lipinski definition) is 7. The fraction of sp³-hybridized carbons (Fsp3) is 0.0952. The van der Waals surface area contributed by atoms with E-state index in [0.717, 1.165) is 5.39 Å². The minimum absolute atomic E-state index is 0.0904. The first-order chi connectivity index (χ1) is 13.7. The van der Waals surface area contributed by atoms with Crippen molar-refractivity contribution < 1.29 is 14.6 Å². The fourth-order valence-corrected chi connectivity index (χ4v) is 3.14. The van der Waals surface area contributed by atoms with E-state index in [1.165, 1.54) is 6.20 Å². The molecule has 0 radical (unpaired) electrons. The minimum atomic E-state index is 0.0904. The van der Waals surface area contributed by atoms with E-state index in [-0.39, 0.29) is 5.75 Å². The molecule has 2 N–H and O–H groups in total. The van der Waals surface area contributed by atoms with Crippen LogP contribution in [0.15, 0.2) is 48.8 Å². The Morgan fingerprint density at radius 3 is 2.57 bits per heavy atom. The first-order valence-corrected chi connectivity index (χ1v) is 8.44. The van der Waals surface area contributed by atoms with Crippen LogP contribution in [-0.4, -0.2) is 29.3 Å². The molecule has 2 aromatic carbocycles. The van der Waals surface area contributed by atoms with E-state index in [9.17, 15) is 10.4 Å². The highest BCUT2D eigenvalue weighted by molar-refractivity contribution is 6.02. The van der Waals surface area contributed by atoms with Gasteiger partial charge < -0.3 is 19.9 Å². The molecular weight excluding hydrogens is 356 g/mol. The molecule has 0 spiro atoms. The Labute approximate surface area is 160 Å². The molecule has 0 aliphatic carbocycles. The number of nitrogens with one attached hydrogen (secondary N) is 1. The van der Waals surface area contributed by atoms with Gasteiger partial charge in [-0.1, -0.05) is 0 Å². The average molecular weight is 372 g/mol. The van der Waals surface area contributed by atoms with Gasteiger partial charge in [-0.2, -0.15) is 5.26 Å². The minimum Gasteiger partial charge on any atom is -0.506 e. The summed E-state index contributed by atoms with van der Waals surface area (Å²) >= 11 is 0. The summed E-state index contributed by atoms with van der Waals surface area (Å²) in [6.07, 6.45) is 3.13. The summed E-state index contributed by atoms with van der Waals surface area (Å²) < 4.78 is 10.7. The highest BCUT2D eigenvalue weighted by Crippen LogP contribution is 2.38. The molecule has 0 unspecified atom stereocenters. The summed E-state index contributed by atoms with van der Waals surface area (Å²) in [5.74, 6) is 1.18. The molecule has 0 saturated heterocycles. The lowest BCUT2D eigenvalue weighted by Crippen LogP contribution is -1.99. The van der Waals surface area contributed by atoms with E-state index in [1.54, 1.807) is 50.7 Å². The van der Waals surface area contributed by atoms with Gasteiger partial charge in [0.2, 0.25) is 0 Å². The average Bonchev–Trinajstić information content (AvgIpc) is 2.74. The van der Waals surface area contributed by atoms with Crippen LogP contribution in [0.25, 0.3) is 21.8 Å². The van der Waals surface area contributed by atoms with Gasteiger partial charge in [0.05, 0.1) is 31.0 Å². The number of methoxy groups -OCH3 is 2. The molecule has 0 aliphatic rings. The van der Waals surface area contributed by atoms with Crippen molar-refractivity contribution in [2.75, 3.05) is 19.5 Å². The van der Waals surface area contributed by atoms with E-state index < -0.39 is 0 Å². The lowest BCUT2D eigenvalue weighted by Gasteiger charge is -2.15. The molecule has 7 nitrogen and oxygen atoms in total. The van der Waals surface area contributed by atoms with Crippen LogP contribution in [0.2, 0.25) is 0 Å². The maximum Gasteiger partial charge on any atom is 0.162 e. The number of phenolic OH excluding ortho intramolecular Hbond substituents is 1. The van der Waals surface area contributed by atoms with E-state index in [4.69, 9.17) is 9.47 Å². The van der Waals surface area contributed by atoms with Gasteiger partial charge in [0, 0.05) is 34.9 Å². The number of ether oxygens (including phenoxy) is 2. The van der Waals surface area contributed by atoms with Crippen LogP contribution in [-0.2, 0) is 0 Å². The predicted molar refractivity (Wildman–Crippen MR) is 106 cm³/mol. The Morgan fingerprint density at radius 1 is 1.04 bits per heavy atom. The zero-order valence-corrected chi connectivity index (χ0v) is 15.2. The Morgan fingerprint density at radius 2 is 1.82 bits per heavy atom. The van der Waals surface area contributed by atoms with Crippen molar-refractivity contribution in [1.82, 2.24) is 9.97 Å². The first kappa shape index (κ1) is 17.4. The zero-order valence-electron chi connectivity index (χ0n) is 15.2. The number of rotatable bonds is 4. The van der Waals surface area contributed by atoms with E-state index in [0.29, 0.717) is 44.9 Å². The lowest BCUT2D eigenvalue weighted by atomic mass is 10.1. The van der Waals surface area contributed by atoms with Crippen molar-refractivity contribution in [2.24, 2.45) is 0 Å². The number of benzene rings is 2. The molecule has 0 amide bonds. The number of aromatic nitrogens is 2. The van der Waals surface area contributed by atoms with Gasteiger partial charge in [-0.3, -0.25) is 9.97 Å². The van der Waals surface area contributed by atoms with Crippen molar-refractivity contribution in [2.45, 2.75) is 0 Å². The topological polar surface area (TPSA) is 100 Å². The third kappa shape index (κ3) is 2.77.